The van der Waals surface area contributed by atoms with Gasteiger partial charge in [0.25, 0.3) is 0 Å². The predicted octanol–water partition coefficient (Wildman–Crippen LogP) is 17.9. The summed E-state index contributed by atoms with van der Waals surface area (Å²) in [5.41, 5.74) is 10.6. The van der Waals surface area contributed by atoms with Gasteiger partial charge in [-0.3, -0.25) is 9.59 Å². The second-order valence-electron chi connectivity index (χ2n) is 30.0. The van der Waals surface area contributed by atoms with Crippen LogP contribution in [0.4, 0.5) is 0 Å². The molecule has 14 aliphatic rings. The van der Waals surface area contributed by atoms with E-state index >= 15 is 0 Å². The summed E-state index contributed by atoms with van der Waals surface area (Å²) in [5, 5.41) is 28.9. The molecule has 14 aliphatic carbocycles. The Hall–Kier alpha value is -2.60. The highest BCUT2D eigenvalue weighted by molar-refractivity contribution is 5.92. The van der Waals surface area contributed by atoms with E-state index in [1.54, 1.807) is 5.57 Å². The van der Waals surface area contributed by atoms with E-state index in [4.69, 9.17) is 0 Å². The van der Waals surface area contributed by atoms with E-state index in [0.29, 0.717) is 49.5 Å². The summed E-state index contributed by atoms with van der Waals surface area (Å²) in [5.74, 6) is 5.99. The molecule has 7 saturated carbocycles. The lowest BCUT2D eigenvalue weighted by atomic mass is 9.47. The summed E-state index contributed by atoms with van der Waals surface area (Å²) in [6.07, 6.45) is 58.9. The zero-order valence-corrected chi connectivity index (χ0v) is 49.2. The van der Waals surface area contributed by atoms with E-state index in [0.717, 1.165) is 80.5 Å². The van der Waals surface area contributed by atoms with Gasteiger partial charge in [-0.15, -0.1) is 0 Å². The highest BCUT2D eigenvalue weighted by atomic mass is 16.3. The topological polar surface area (TPSA) is 94.8 Å². The van der Waals surface area contributed by atoms with E-state index in [2.05, 4.69) is 91.0 Å². The van der Waals surface area contributed by atoms with Crippen molar-refractivity contribution >= 4 is 11.6 Å². The maximum absolute atomic E-state index is 11.8. The van der Waals surface area contributed by atoms with E-state index in [1.165, 1.54) is 183 Å². The first kappa shape index (κ1) is 59.0. The van der Waals surface area contributed by atoms with Gasteiger partial charge in [0.1, 0.15) is 0 Å². The summed E-state index contributed by atoms with van der Waals surface area (Å²) >= 11 is 0. The molecule has 77 heavy (non-hydrogen) atoms. The molecule has 6 unspecified atom stereocenters. The molecule has 0 aromatic heterocycles. The Labute approximate surface area is 469 Å². The third-order valence-electron chi connectivity index (χ3n) is 25.3. The van der Waals surface area contributed by atoms with Gasteiger partial charge in [0.2, 0.25) is 0 Å². The lowest BCUT2D eigenvalue weighted by Gasteiger charge is -2.57. The monoisotopic (exact) mass is 1050 g/mol. The first-order chi connectivity index (χ1) is 36.2. The van der Waals surface area contributed by atoms with Crippen molar-refractivity contribution in [3.05, 3.63) is 82.5 Å². The molecule has 3 N–H and O–H groups in total. The van der Waals surface area contributed by atoms with Crippen molar-refractivity contribution in [1.29, 1.82) is 0 Å². The van der Waals surface area contributed by atoms with Gasteiger partial charge in [-0.05, 0) is 259 Å². The zero-order valence-electron chi connectivity index (χ0n) is 49.2. The van der Waals surface area contributed by atoms with Crippen LogP contribution in [0.15, 0.2) is 82.5 Å². The molecule has 0 aromatic rings. The van der Waals surface area contributed by atoms with Crippen LogP contribution in [-0.4, -0.2) is 45.2 Å². The predicted molar refractivity (Wildman–Crippen MR) is 319 cm³/mol. The second-order valence-corrected chi connectivity index (χ2v) is 30.0. The van der Waals surface area contributed by atoms with Crippen molar-refractivity contribution < 1.29 is 24.9 Å². The van der Waals surface area contributed by atoms with Crippen molar-refractivity contribution in [2.75, 3.05) is 0 Å². The fraction of sp³-hybridized carbons (Fsp3) is 0.778. The van der Waals surface area contributed by atoms with Gasteiger partial charge in [-0.2, -0.15) is 0 Å². The number of fused-ring (bicyclic) bond motifs is 13. The number of aliphatic hydroxyl groups excluding tert-OH is 3. The van der Waals surface area contributed by atoms with Crippen LogP contribution < -0.4 is 0 Å². The van der Waals surface area contributed by atoms with Crippen LogP contribution >= 0.6 is 0 Å². The molecule has 0 aliphatic heterocycles. The van der Waals surface area contributed by atoms with Gasteiger partial charge in [-0.25, -0.2) is 0 Å². The van der Waals surface area contributed by atoms with E-state index in [9.17, 15) is 24.9 Å². The summed E-state index contributed by atoms with van der Waals surface area (Å²) in [6.45, 7) is 17.0. The second kappa shape index (κ2) is 23.3. The van der Waals surface area contributed by atoms with Crippen LogP contribution in [0.3, 0.4) is 0 Å². The third-order valence-corrected chi connectivity index (χ3v) is 25.3. The molecule has 5 heteroatoms. The van der Waals surface area contributed by atoms with Crippen LogP contribution in [0, 0.1) is 73.4 Å². The van der Waals surface area contributed by atoms with Gasteiger partial charge >= 0.3 is 0 Å². The number of rotatable bonds is 0. The standard InChI is InChI=1S/C19H28O.C19H26O.2C11H18O.C11H16O.CH4/c2*1-18-9-3-4-16(18)15-6-5-13-12-14(20)7-11-19(13,2)17(15)8-10-18;3*1-11-6-3-2-4-9(11)8-10(12)5-7-11;/h3,9,12,14-17,20H,4-8,10-11H2,1-2H3;3,9,12,15-17H,4-8,10-11H2,1-2H3;2*8,10,12H,2-7H2,1H3;8H,2-7H2,1H3;1H4/t14-,15?,16?,17?,18-,19-;15?,16?,17?,18-,19-;2*10-,11-;11-;/m00000./s1. The van der Waals surface area contributed by atoms with E-state index in [-0.39, 0.29) is 25.7 Å². The molecule has 16 atom stereocenters. The average molecular weight is 1060 g/mol. The van der Waals surface area contributed by atoms with Crippen LogP contribution in [0.5, 0.6) is 0 Å². The lowest BCUT2D eigenvalue weighted by Crippen LogP contribution is -2.49. The van der Waals surface area contributed by atoms with Crippen molar-refractivity contribution in [3.8, 4) is 0 Å². The molecular weight excluding hydrogens is 945 g/mol. The Bertz CT molecular complexity index is 2330. The van der Waals surface area contributed by atoms with Crippen LogP contribution in [0.25, 0.3) is 0 Å². The van der Waals surface area contributed by atoms with Gasteiger partial charge in [0, 0.05) is 12.8 Å². The molecule has 0 radical (unpaired) electrons. The molecule has 428 valence electrons. The molecule has 14 rings (SSSR count). The Balaban J connectivity index is 0.000000120. The zero-order chi connectivity index (χ0) is 53.7. The molecule has 0 heterocycles. The largest absolute Gasteiger partial charge is 0.389 e. The number of carbonyl (C=O) groups is 2. The molecule has 0 spiro atoms. The normalized spacial score (nSPS) is 45.6. The van der Waals surface area contributed by atoms with Gasteiger partial charge in [0.15, 0.2) is 11.6 Å². The molecule has 0 amide bonds. The van der Waals surface area contributed by atoms with Gasteiger partial charge in [0.05, 0.1) is 18.3 Å². The first-order valence-corrected chi connectivity index (χ1v) is 32.2. The van der Waals surface area contributed by atoms with Gasteiger partial charge in [-0.1, -0.05) is 146 Å². The Morgan fingerprint density at radius 1 is 0.377 bits per heavy atom. The smallest absolute Gasteiger partial charge is 0.155 e. The first-order valence-electron chi connectivity index (χ1n) is 32.2. The summed E-state index contributed by atoms with van der Waals surface area (Å²) in [6, 6.07) is 0. The number of aliphatic hydroxyl groups is 3. The van der Waals surface area contributed by atoms with Gasteiger partial charge < -0.3 is 15.3 Å². The number of hydrogen-bond acceptors (Lipinski definition) is 5. The Kier molecular flexibility index (Phi) is 17.9. The lowest BCUT2D eigenvalue weighted by molar-refractivity contribution is -0.117. The number of allylic oxidation sites excluding steroid dienone is 11. The quantitative estimate of drug-likeness (QED) is 0.210. The van der Waals surface area contributed by atoms with Crippen molar-refractivity contribution in [3.63, 3.8) is 0 Å². The van der Waals surface area contributed by atoms with Crippen molar-refractivity contribution in [1.82, 2.24) is 0 Å². The summed E-state index contributed by atoms with van der Waals surface area (Å²) in [4.78, 5) is 23.0. The minimum absolute atomic E-state index is 0. The number of ketones is 2. The fourth-order valence-electron chi connectivity index (χ4n) is 20.0. The molecule has 0 aromatic carbocycles. The SMILES string of the molecule is C.C[C@@]12C=CCC1C1CCC3=CC(=O)CC[C@]3(C)C1CC2.C[C@@]12C=CCC1C1CCC3=C[C@@H](O)CC[C@]3(C)C1CC2.C[C@@]12CCCCC1=CC(=O)CC2.C[C@@]12CCCCC1=C[C@@H](O)CC2.C[C@@]12CCCCC1=C[C@@H](O)CC2. The third kappa shape index (κ3) is 11.9. The van der Waals surface area contributed by atoms with Crippen LogP contribution in [0.2, 0.25) is 0 Å². The van der Waals surface area contributed by atoms with E-state index < -0.39 is 0 Å². The highest BCUT2D eigenvalue weighted by Crippen LogP contribution is 2.66. The molecule has 5 nitrogen and oxygen atoms in total. The molecular formula is C72H110O5. The summed E-state index contributed by atoms with van der Waals surface area (Å²) < 4.78 is 0. The molecule has 0 bridgehead atoms. The van der Waals surface area contributed by atoms with Crippen LogP contribution in [-0.2, 0) is 9.59 Å². The highest BCUT2D eigenvalue weighted by Gasteiger charge is 2.57. The maximum Gasteiger partial charge on any atom is 0.155 e. The Morgan fingerprint density at radius 3 is 1.29 bits per heavy atom. The van der Waals surface area contributed by atoms with Crippen molar-refractivity contribution in [2.24, 2.45) is 73.4 Å². The van der Waals surface area contributed by atoms with E-state index in [1.807, 2.05) is 12.2 Å². The van der Waals surface area contributed by atoms with Crippen LogP contribution in [0.1, 0.15) is 261 Å². The fourth-order valence-corrected chi connectivity index (χ4v) is 20.0. The minimum atomic E-state index is -0.170. The summed E-state index contributed by atoms with van der Waals surface area (Å²) in [7, 11) is 0. The maximum atomic E-state index is 11.8. The van der Waals surface area contributed by atoms with Crippen molar-refractivity contribution in [2.45, 2.75) is 280 Å². The number of hydrogen-bond donors (Lipinski definition) is 3. The average Bonchev–Trinajstić information content (AvgIpc) is 4.08. The Morgan fingerprint density at radius 2 is 0.779 bits per heavy atom. The molecule has 0 saturated heterocycles. The number of carbonyl (C=O) groups excluding carboxylic acids is 2. The minimum Gasteiger partial charge on any atom is -0.389 e. The molecule has 7 fully saturated rings.